The number of aliphatic hydroxyl groups is 1. The summed E-state index contributed by atoms with van der Waals surface area (Å²) in [5.74, 6) is 0.392. The van der Waals surface area contributed by atoms with Crippen LogP contribution in [0.15, 0.2) is 18.2 Å². The topological polar surface area (TPSA) is 58.6 Å². The van der Waals surface area contributed by atoms with Gasteiger partial charge >= 0.3 is 0 Å². The van der Waals surface area contributed by atoms with Gasteiger partial charge < -0.3 is 15.2 Å². The van der Waals surface area contributed by atoms with E-state index in [2.05, 4.69) is 5.32 Å². The number of aryl methyl sites for hydroxylation is 1. The Hall–Kier alpha value is -1.26. The summed E-state index contributed by atoms with van der Waals surface area (Å²) in [4.78, 5) is 11.7. The first kappa shape index (κ1) is 15.8. The average molecular weight is 286 g/mol. The Morgan fingerprint density at radius 2 is 2.16 bits per heavy atom. The highest BCUT2D eigenvalue weighted by Gasteiger charge is 2.19. The van der Waals surface area contributed by atoms with Crippen LogP contribution in [-0.4, -0.2) is 29.8 Å². The molecule has 0 aliphatic rings. The van der Waals surface area contributed by atoms with Crippen molar-refractivity contribution in [3.05, 3.63) is 28.8 Å². The molecule has 1 rings (SSSR count). The van der Waals surface area contributed by atoms with Gasteiger partial charge in [-0.25, -0.2) is 0 Å². The van der Waals surface area contributed by atoms with Crippen molar-refractivity contribution < 1.29 is 14.6 Å². The summed E-state index contributed by atoms with van der Waals surface area (Å²) in [5, 5.41) is 12.4. The molecule has 0 bridgehead atoms. The Balaban J connectivity index is 2.48. The van der Waals surface area contributed by atoms with Gasteiger partial charge in [-0.1, -0.05) is 11.6 Å². The Labute approximate surface area is 118 Å². The van der Waals surface area contributed by atoms with Gasteiger partial charge in [0.2, 0.25) is 0 Å². The van der Waals surface area contributed by atoms with Crippen LogP contribution in [0.4, 0.5) is 0 Å². The molecule has 5 heteroatoms. The highest BCUT2D eigenvalue weighted by Crippen LogP contribution is 2.20. The molecule has 0 aliphatic carbocycles. The molecule has 0 aromatic heterocycles. The van der Waals surface area contributed by atoms with E-state index in [0.29, 0.717) is 17.2 Å². The van der Waals surface area contributed by atoms with Gasteiger partial charge in [-0.3, -0.25) is 4.79 Å². The van der Waals surface area contributed by atoms with Gasteiger partial charge in [-0.2, -0.15) is 0 Å². The second-order valence-corrected chi connectivity index (χ2v) is 5.51. The number of nitrogens with one attached hydrogen (secondary N) is 1. The molecule has 106 valence electrons. The maximum Gasteiger partial charge on any atom is 0.258 e. The Morgan fingerprint density at radius 3 is 2.74 bits per heavy atom. The number of carbonyl (C=O) groups is 1. The summed E-state index contributed by atoms with van der Waals surface area (Å²) in [7, 11) is 0. The van der Waals surface area contributed by atoms with E-state index < -0.39 is 5.54 Å². The fourth-order valence-electron chi connectivity index (χ4n) is 1.61. The summed E-state index contributed by atoms with van der Waals surface area (Å²) in [6.45, 7) is 5.56. The third-order valence-electron chi connectivity index (χ3n) is 2.71. The van der Waals surface area contributed by atoms with Crippen LogP contribution in [0.25, 0.3) is 0 Å². The minimum Gasteiger partial charge on any atom is -0.484 e. The van der Waals surface area contributed by atoms with Crippen molar-refractivity contribution in [1.82, 2.24) is 5.32 Å². The van der Waals surface area contributed by atoms with Crippen LogP contribution in [0, 0.1) is 6.92 Å². The number of halogens is 1. The van der Waals surface area contributed by atoms with E-state index in [1.165, 1.54) is 0 Å². The fourth-order valence-corrected chi connectivity index (χ4v) is 1.73. The molecule has 1 aromatic rings. The SMILES string of the molecule is Cc1cc(OCC(=O)NC(C)(C)CCO)ccc1Cl. The van der Waals surface area contributed by atoms with Crippen molar-refractivity contribution in [3.63, 3.8) is 0 Å². The van der Waals surface area contributed by atoms with Gasteiger partial charge in [-0.15, -0.1) is 0 Å². The van der Waals surface area contributed by atoms with Crippen molar-refractivity contribution in [2.75, 3.05) is 13.2 Å². The number of amides is 1. The lowest BCUT2D eigenvalue weighted by Gasteiger charge is -2.25. The van der Waals surface area contributed by atoms with Crippen LogP contribution in [0.2, 0.25) is 5.02 Å². The predicted octanol–water partition coefficient (Wildman–Crippen LogP) is 2.30. The van der Waals surface area contributed by atoms with Crippen molar-refractivity contribution in [3.8, 4) is 5.75 Å². The molecule has 1 aromatic carbocycles. The van der Waals surface area contributed by atoms with Crippen molar-refractivity contribution in [2.45, 2.75) is 32.7 Å². The molecule has 0 atom stereocenters. The molecule has 0 aliphatic heterocycles. The highest BCUT2D eigenvalue weighted by molar-refractivity contribution is 6.31. The first-order chi connectivity index (χ1) is 8.84. The van der Waals surface area contributed by atoms with Crippen LogP contribution in [-0.2, 0) is 4.79 Å². The molecule has 2 N–H and O–H groups in total. The summed E-state index contributed by atoms with van der Waals surface area (Å²) in [5.41, 5.74) is 0.464. The van der Waals surface area contributed by atoms with E-state index >= 15 is 0 Å². The van der Waals surface area contributed by atoms with E-state index in [1.54, 1.807) is 18.2 Å². The minimum absolute atomic E-state index is 0.0323. The van der Waals surface area contributed by atoms with Gasteiger partial charge in [0, 0.05) is 17.2 Å². The molecule has 0 heterocycles. The fraction of sp³-hybridized carbons (Fsp3) is 0.500. The number of ether oxygens (including phenoxy) is 1. The highest BCUT2D eigenvalue weighted by atomic mass is 35.5. The van der Waals surface area contributed by atoms with Gasteiger partial charge in [0.15, 0.2) is 6.61 Å². The van der Waals surface area contributed by atoms with Crippen molar-refractivity contribution in [2.24, 2.45) is 0 Å². The number of hydrogen-bond donors (Lipinski definition) is 2. The Kier molecular flexibility index (Phi) is 5.63. The number of rotatable bonds is 6. The lowest BCUT2D eigenvalue weighted by Crippen LogP contribution is -2.46. The molecular weight excluding hydrogens is 266 g/mol. The first-order valence-corrected chi connectivity index (χ1v) is 6.53. The smallest absolute Gasteiger partial charge is 0.258 e. The zero-order chi connectivity index (χ0) is 14.5. The monoisotopic (exact) mass is 285 g/mol. The van der Waals surface area contributed by atoms with Gasteiger partial charge in [0.05, 0.1) is 0 Å². The Bertz CT molecular complexity index is 446. The molecule has 1 amide bonds. The third-order valence-corrected chi connectivity index (χ3v) is 3.14. The number of benzene rings is 1. The molecule has 4 nitrogen and oxygen atoms in total. The van der Waals surface area contributed by atoms with E-state index in [-0.39, 0.29) is 19.1 Å². The maximum absolute atomic E-state index is 11.7. The van der Waals surface area contributed by atoms with E-state index in [0.717, 1.165) is 5.56 Å². The molecule has 0 unspecified atom stereocenters. The van der Waals surface area contributed by atoms with E-state index in [9.17, 15) is 4.79 Å². The average Bonchev–Trinajstić information content (AvgIpc) is 2.30. The quantitative estimate of drug-likeness (QED) is 0.843. The standard InChI is InChI=1S/C14H20ClNO3/c1-10-8-11(4-5-12(10)15)19-9-13(18)16-14(2,3)6-7-17/h4-5,8,17H,6-7,9H2,1-3H3,(H,16,18). The largest absolute Gasteiger partial charge is 0.484 e. The molecule has 0 radical (unpaired) electrons. The normalized spacial score (nSPS) is 11.2. The van der Waals surface area contributed by atoms with Crippen molar-refractivity contribution in [1.29, 1.82) is 0 Å². The van der Waals surface area contributed by atoms with Gasteiger partial charge in [0.25, 0.3) is 5.91 Å². The number of hydrogen-bond acceptors (Lipinski definition) is 3. The lowest BCUT2D eigenvalue weighted by molar-refractivity contribution is -0.124. The van der Waals surface area contributed by atoms with Crippen LogP contribution >= 0.6 is 11.6 Å². The van der Waals surface area contributed by atoms with E-state index in [1.807, 2.05) is 20.8 Å². The first-order valence-electron chi connectivity index (χ1n) is 6.15. The van der Waals surface area contributed by atoms with Gasteiger partial charge in [0.1, 0.15) is 5.75 Å². The molecule has 0 saturated heterocycles. The molecule has 0 fully saturated rings. The van der Waals surface area contributed by atoms with Crippen LogP contribution < -0.4 is 10.1 Å². The lowest BCUT2D eigenvalue weighted by atomic mass is 10.0. The predicted molar refractivity (Wildman–Crippen MR) is 75.6 cm³/mol. The number of carbonyl (C=O) groups excluding carboxylic acids is 1. The molecule has 19 heavy (non-hydrogen) atoms. The minimum atomic E-state index is -0.439. The zero-order valence-corrected chi connectivity index (χ0v) is 12.3. The van der Waals surface area contributed by atoms with E-state index in [4.69, 9.17) is 21.4 Å². The molecular formula is C14H20ClNO3. The maximum atomic E-state index is 11.7. The number of aliphatic hydroxyl groups excluding tert-OH is 1. The zero-order valence-electron chi connectivity index (χ0n) is 11.5. The summed E-state index contributed by atoms with van der Waals surface area (Å²) in [6, 6.07) is 5.25. The van der Waals surface area contributed by atoms with Crippen LogP contribution in [0.1, 0.15) is 25.8 Å². The molecule has 0 saturated carbocycles. The summed E-state index contributed by atoms with van der Waals surface area (Å²) in [6.07, 6.45) is 0.499. The van der Waals surface area contributed by atoms with Crippen LogP contribution in [0.5, 0.6) is 5.75 Å². The van der Waals surface area contributed by atoms with Crippen LogP contribution in [0.3, 0.4) is 0 Å². The molecule has 0 spiro atoms. The second-order valence-electron chi connectivity index (χ2n) is 5.11. The summed E-state index contributed by atoms with van der Waals surface area (Å²) >= 11 is 5.91. The summed E-state index contributed by atoms with van der Waals surface area (Å²) < 4.78 is 5.39. The third kappa shape index (κ3) is 5.49. The Morgan fingerprint density at radius 1 is 1.47 bits per heavy atom. The van der Waals surface area contributed by atoms with Crippen molar-refractivity contribution >= 4 is 17.5 Å². The van der Waals surface area contributed by atoms with Gasteiger partial charge in [-0.05, 0) is 51.0 Å². The second kappa shape index (κ2) is 6.78.